The minimum absolute atomic E-state index is 0.139. The number of rotatable bonds is 5. The van der Waals surface area contributed by atoms with Crippen LogP contribution < -0.4 is 10.6 Å². The Bertz CT molecular complexity index is 235. The van der Waals surface area contributed by atoms with Gasteiger partial charge in [-0.25, -0.2) is 0 Å². The topological polar surface area (TPSA) is 44.4 Å². The number of hydrogen-bond acceptors (Lipinski definition) is 3. The zero-order valence-corrected chi connectivity index (χ0v) is 11.6. The van der Waals surface area contributed by atoms with Crippen molar-refractivity contribution in [1.29, 1.82) is 0 Å². The quantitative estimate of drug-likeness (QED) is 0.754. The molecule has 0 bridgehead atoms. The zero-order chi connectivity index (χ0) is 12.8. The minimum Gasteiger partial charge on any atom is -0.353 e. The summed E-state index contributed by atoms with van der Waals surface area (Å²) in [6.45, 7) is 10.8. The number of likely N-dealkylation sites (N-methyl/N-ethyl adjacent to an activating group) is 1. The number of hydrogen-bond donors (Lipinski definition) is 2. The van der Waals surface area contributed by atoms with E-state index in [9.17, 15) is 4.79 Å². The van der Waals surface area contributed by atoms with Crippen molar-refractivity contribution < 1.29 is 4.79 Å². The van der Waals surface area contributed by atoms with Gasteiger partial charge >= 0.3 is 0 Å². The van der Waals surface area contributed by atoms with Gasteiger partial charge < -0.3 is 10.6 Å². The van der Waals surface area contributed by atoms with E-state index in [1.54, 1.807) is 0 Å². The summed E-state index contributed by atoms with van der Waals surface area (Å²) in [6, 6.07) is 1.36. The molecule has 1 fully saturated rings. The van der Waals surface area contributed by atoms with Gasteiger partial charge in [-0.15, -0.1) is 0 Å². The van der Waals surface area contributed by atoms with E-state index in [0.29, 0.717) is 18.6 Å². The lowest BCUT2D eigenvalue weighted by molar-refractivity contribution is -0.123. The highest BCUT2D eigenvalue weighted by atomic mass is 16.2. The van der Waals surface area contributed by atoms with Gasteiger partial charge in [0, 0.05) is 24.7 Å². The maximum Gasteiger partial charge on any atom is 0.234 e. The normalized spacial score (nSPS) is 25.3. The van der Waals surface area contributed by atoms with E-state index in [1.165, 1.54) is 12.8 Å². The van der Waals surface area contributed by atoms with Crippen LogP contribution in [-0.2, 0) is 4.79 Å². The lowest BCUT2D eigenvalue weighted by Crippen LogP contribution is -2.51. The fourth-order valence-electron chi connectivity index (χ4n) is 2.35. The van der Waals surface area contributed by atoms with E-state index >= 15 is 0 Å². The van der Waals surface area contributed by atoms with Crippen LogP contribution in [0.3, 0.4) is 0 Å². The molecule has 17 heavy (non-hydrogen) atoms. The highest BCUT2D eigenvalue weighted by molar-refractivity contribution is 5.78. The molecule has 1 aliphatic rings. The van der Waals surface area contributed by atoms with Gasteiger partial charge in [-0.3, -0.25) is 9.69 Å². The summed E-state index contributed by atoms with van der Waals surface area (Å²) in [6.07, 6.45) is 2.39. The van der Waals surface area contributed by atoms with Crippen molar-refractivity contribution in [1.82, 2.24) is 15.5 Å². The molecule has 2 atom stereocenters. The molecule has 1 amide bonds. The van der Waals surface area contributed by atoms with E-state index in [2.05, 4.69) is 29.4 Å². The average Bonchev–Trinajstić information content (AvgIpc) is 2.26. The highest BCUT2D eigenvalue weighted by Crippen LogP contribution is 2.13. The molecule has 0 radical (unpaired) electrons. The lowest BCUT2D eigenvalue weighted by Gasteiger charge is -2.35. The summed E-state index contributed by atoms with van der Waals surface area (Å²) >= 11 is 0. The SMILES string of the molecule is CCN(CC(=O)NC(C)C)C1CCC(C)NC1. The number of piperidine rings is 1. The monoisotopic (exact) mass is 241 g/mol. The van der Waals surface area contributed by atoms with Crippen LogP contribution in [-0.4, -0.2) is 48.6 Å². The fourth-order valence-corrected chi connectivity index (χ4v) is 2.35. The zero-order valence-electron chi connectivity index (χ0n) is 11.6. The van der Waals surface area contributed by atoms with Crippen LogP contribution in [0.5, 0.6) is 0 Å². The van der Waals surface area contributed by atoms with Crippen LogP contribution in [0.15, 0.2) is 0 Å². The molecule has 1 rings (SSSR count). The van der Waals surface area contributed by atoms with Gasteiger partial charge in [0.15, 0.2) is 0 Å². The second-order valence-corrected chi connectivity index (χ2v) is 5.33. The van der Waals surface area contributed by atoms with Crippen LogP contribution in [0.2, 0.25) is 0 Å². The number of nitrogens with zero attached hydrogens (tertiary/aromatic N) is 1. The minimum atomic E-state index is 0.139. The van der Waals surface area contributed by atoms with Gasteiger partial charge in [0.1, 0.15) is 0 Å². The first-order chi connectivity index (χ1) is 8.02. The first kappa shape index (κ1) is 14.5. The Labute approximate surface area is 105 Å². The van der Waals surface area contributed by atoms with Crippen LogP contribution >= 0.6 is 0 Å². The van der Waals surface area contributed by atoms with Gasteiger partial charge in [-0.1, -0.05) is 6.92 Å². The van der Waals surface area contributed by atoms with Crippen molar-refractivity contribution in [3.05, 3.63) is 0 Å². The Morgan fingerprint density at radius 3 is 2.65 bits per heavy atom. The van der Waals surface area contributed by atoms with Crippen molar-refractivity contribution in [3.8, 4) is 0 Å². The van der Waals surface area contributed by atoms with Gasteiger partial charge in [0.25, 0.3) is 0 Å². The number of carbonyl (C=O) groups excluding carboxylic acids is 1. The molecule has 2 N–H and O–H groups in total. The van der Waals surface area contributed by atoms with E-state index < -0.39 is 0 Å². The predicted molar refractivity (Wildman–Crippen MR) is 71.0 cm³/mol. The van der Waals surface area contributed by atoms with E-state index in [4.69, 9.17) is 0 Å². The summed E-state index contributed by atoms with van der Waals surface area (Å²) in [5, 5.41) is 6.44. The van der Waals surface area contributed by atoms with Crippen LogP contribution in [0.1, 0.15) is 40.5 Å². The molecule has 0 spiro atoms. The molecule has 100 valence electrons. The Kier molecular flexibility index (Phi) is 5.92. The fraction of sp³-hybridized carbons (Fsp3) is 0.923. The van der Waals surface area contributed by atoms with E-state index in [-0.39, 0.29) is 11.9 Å². The molecule has 4 nitrogen and oxygen atoms in total. The van der Waals surface area contributed by atoms with Crippen molar-refractivity contribution in [2.75, 3.05) is 19.6 Å². The second-order valence-electron chi connectivity index (χ2n) is 5.33. The van der Waals surface area contributed by atoms with E-state index in [1.807, 2.05) is 13.8 Å². The molecule has 4 heteroatoms. The van der Waals surface area contributed by atoms with Crippen molar-refractivity contribution in [3.63, 3.8) is 0 Å². The number of amides is 1. The third-order valence-electron chi connectivity index (χ3n) is 3.35. The molecular weight excluding hydrogens is 214 g/mol. The summed E-state index contributed by atoms with van der Waals surface area (Å²) in [5.74, 6) is 0.139. The predicted octanol–water partition coefficient (Wildman–Crippen LogP) is 0.973. The average molecular weight is 241 g/mol. The second kappa shape index (κ2) is 6.97. The Hall–Kier alpha value is -0.610. The highest BCUT2D eigenvalue weighted by Gasteiger charge is 2.24. The Morgan fingerprint density at radius 1 is 1.47 bits per heavy atom. The molecule has 2 unspecified atom stereocenters. The molecule has 1 saturated heterocycles. The lowest BCUT2D eigenvalue weighted by atomic mass is 10.0. The maximum atomic E-state index is 11.8. The molecule has 0 saturated carbocycles. The molecular formula is C13H27N3O. The standard InChI is InChI=1S/C13H27N3O/c1-5-16(9-13(17)15-10(2)3)12-7-6-11(4)14-8-12/h10-12,14H,5-9H2,1-4H3,(H,15,17). The first-order valence-corrected chi connectivity index (χ1v) is 6.79. The Balaban J connectivity index is 2.39. The van der Waals surface area contributed by atoms with Crippen LogP contribution in [0.4, 0.5) is 0 Å². The van der Waals surface area contributed by atoms with Crippen LogP contribution in [0, 0.1) is 0 Å². The summed E-state index contributed by atoms with van der Waals surface area (Å²) in [5.41, 5.74) is 0. The van der Waals surface area contributed by atoms with Gasteiger partial charge in [-0.2, -0.15) is 0 Å². The molecule has 1 aliphatic heterocycles. The van der Waals surface area contributed by atoms with Crippen molar-refractivity contribution >= 4 is 5.91 Å². The molecule has 1 heterocycles. The summed E-state index contributed by atoms with van der Waals surface area (Å²) < 4.78 is 0. The maximum absolute atomic E-state index is 11.8. The van der Waals surface area contributed by atoms with Crippen molar-refractivity contribution in [2.45, 2.75) is 58.7 Å². The smallest absolute Gasteiger partial charge is 0.234 e. The van der Waals surface area contributed by atoms with Gasteiger partial charge in [0.2, 0.25) is 5.91 Å². The van der Waals surface area contributed by atoms with Crippen molar-refractivity contribution in [2.24, 2.45) is 0 Å². The van der Waals surface area contributed by atoms with Gasteiger partial charge in [-0.05, 0) is 40.2 Å². The third kappa shape index (κ3) is 5.04. The summed E-state index contributed by atoms with van der Waals surface area (Å²) in [4.78, 5) is 14.0. The molecule has 0 aromatic rings. The number of carbonyl (C=O) groups is 1. The molecule has 0 aromatic heterocycles. The summed E-state index contributed by atoms with van der Waals surface area (Å²) in [7, 11) is 0. The number of nitrogens with one attached hydrogen (secondary N) is 2. The largest absolute Gasteiger partial charge is 0.353 e. The van der Waals surface area contributed by atoms with Crippen LogP contribution in [0.25, 0.3) is 0 Å². The molecule has 0 aromatic carbocycles. The Morgan fingerprint density at radius 2 is 2.18 bits per heavy atom. The third-order valence-corrected chi connectivity index (χ3v) is 3.35. The van der Waals surface area contributed by atoms with Gasteiger partial charge in [0.05, 0.1) is 6.54 Å². The first-order valence-electron chi connectivity index (χ1n) is 6.79. The van der Waals surface area contributed by atoms with E-state index in [0.717, 1.165) is 13.1 Å². The molecule has 0 aliphatic carbocycles.